The fourth-order valence-electron chi connectivity index (χ4n) is 1.70. The summed E-state index contributed by atoms with van der Waals surface area (Å²) in [5.41, 5.74) is 2.26. The van der Waals surface area contributed by atoms with E-state index in [0.717, 1.165) is 18.1 Å². The van der Waals surface area contributed by atoms with Crippen LogP contribution in [0.15, 0.2) is 53.7 Å². The molecule has 0 saturated carbocycles. The Morgan fingerprint density at radius 2 is 1.75 bits per heavy atom. The monoisotopic (exact) mass is 288 g/mol. The van der Waals surface area contributed by atoms with E-state index < -0.39 is 0 Å². The molecule has 5 heteroatoms. The van der Waals surface area contributed by atoms with Crippen molar-refractivity contribution in [1.82, 2.24) is 15.6 Å². The van der Waals surface area contributed by atoms with E-state index >= 15 is 0 Å². The van der Waals surface area contributed by atoms with Crippen molar-refractivity contribution in [2.75, 3.05) is 7.05 Å². The molecule has 0 spiro atoms. The Kier molecular flexibility index (Phi) is 5.38. The smallest absolute Gasteiger partial charge is 0.191 e. The average Bonchev–Trinajstić information content (AvgIpc) is 2.50. The summed E-state index contributed by atoms with van der Waals surface area (Å²) in [6.45, 7) is 1.39. The van der Waals surface area contributed by atoms with Gasteiger partial charge in [-0.15, -0.1) is 0 Å². The lowest BCUT2D eigenvalue weighted by Crippen LogP contribution is -2.36. The molecule has 2 rings (SSSR count). The first-order valence-electron chi connectivity index (χ1n) is 6.37. The van der Waals surface area contributed by atoms with Gasteiger partial charge in [-0.05, 0) is 17.2 Å². The highest BCUT2D eigenvalue weighted by Gasteiger charge is 1.99. The third kappa shape index (κ3) is 4.55. The minimum Gasteiger partial charge on any atom is -0.352 e. The minimum atomic E-state index is 0.500. The van der Waals surface area contributed by atoms with Gasteiger partial charge in [0.2, 0.25) is 0 Å². The summed E-state index contributed by atoms with van der Waals surface area (Å²) in [5.74, 6) is 0.754. The number of rotatable bonds is 4. The Hall–Kier alpha value is -2.07. The molecule has 0 radical (unpaired) electrons. The molecule has 0 aliphatic heterocycles. The zero-order chi connectivity index (χ0) is 14.2. The fourth-order valence-corrected chi connectivity index (χ4v) is 1.81. The lowest BCUT2D eigenvalue weighted by atomic mass is 10.2. The molecule has 0 aliphatic carbocycles. The van der Waals surface area contributed by atoms with Gasteiger partial charge in [0.05, 0.1) is 0 Å². The summed E-state index contributed by atoms with van der Waals surface area (Å²) >= 11 is 5.75. The van der Waals surface area contributed by atoms with E-state index in [1.807, 2.05) is 24.3 Å². The van der Waals surface area contributed by atoms with Gasteiger partial charge in [-0.1, -0.05) is 48.0 Å². The molecule has 1 heterocycles. The van der Waals surface area contributed by atoms with Gasteiger partial charge >= 0.3 is 0 Å². The Morgan fingerprint density at radius 3 is 2.35 bits per heavy atom. The van der Waals surface area contributed by atoms with E-state index in [-0.39, 0.29) is 0 Å². The number of hydrogen-bond acceptors (Lipinski definition) is 2. The summed E-state index contributed by atoms with van der Waals surface area (Å²) in [5, 5.41) is 6.99. The molecule has 1 aromatic carbocycles. The normalized spacial score (nSPS) is 11.2. The molecular weight excluding hydrogens is 272 g/mol. The van der Waals surface area contributed by atoms with Gasteiger partial charge in [-0.3, -0.25) is 4.99 Å². The Balaban J connectivity index is 1.82. The van der Waals surface area contributed by atoms with Crippen LogP contribution >= 0.6 is 11.6 Å². The molecule has 20 heavy (non-hydrogen) atoms. The van der Waals surface area contributed by atoms with Crippen LogP contribution in [0.25, 0.3) is 0 Å². The highest BCUT2D eigenvalue weighted by Crippen LogP contribution is 2.04. The first-order chi connectivity index (χ1) is 9.78. The molecule has 2 aromatic rings. The highest BCUT2D eigenvalue weighted by atomic mass is 35.5. The average molecular weight is 289 g/mol. The van der Waals surface area contributed by atoms with Crippen molar-refractivity contribution in [3.63, 3.8) is 0 Å². The number of nitrogens with one attached hydrogen (secondary N) is 2. The van der Waals surface area contributed by atoms with E-state index in [2.05, 4.69) is 32.7 Å². The lowest BCUT2D eigenvalue weighted by molar-refractivity contribution is 0.807. The second-order valence-electron chi connectivity index (χ2n) is 4.25. The van der Waals surface area contributed by atoms with Gasteiger partial charge < -0.3 is 10.6 Å². The molecule has 0 fully saturated rings. The highest BCUT2D eigenvalue weighted by molar-refractivity contribution is 6.29. The molecular formula is C15H17ClN4. The van der Waals surface area contributed by atoms with Crippen LogP contribution in [0.5, 0.6) is 0 Å². The third-order valence-electron chi connectivity index (χ3n) is 2.77. The van der Waals surface area contributed by atoms with Crippen LogP contribution in [0.3, 0.4) is 0 Å². The SMILES string of the molecule is CN=C(NCc1ccccc1)NCc1ccc(Cl)nc1. The molecule has 0 aliphatic rings. The van der Waals surface area contributed by atoms with Crippen molar-refractivity contribution >= 4 is 17.6 Å². The number of hydrogen-bond donors (Lipinski definition) is 2. The maximum absolute atomic E-state index is 5.75. The number of aromatic nitrogens is 1. The van der Waals surface area contributed by atoms with Crippen LogP contribution in [0.2, 0.25) is 5.15 Å². The van der Waals surface area contributed by atoms with E-state index in [1.54, 1.807) is 19.3 Å². The number of benzene rings is 1. The molecule has 0 unspecified atom stereocenters. The summed E-state index contributed by atoms with van der Waals surface area (Å²) < 4.78 is 0. The van der Waals surface area contributed by atoms with Crippen LogP contribution in [0.4, 0.5) is 0 Å². The number of aliphatic imine (C=N–C) groups is 1. The first-order valence-corrected chi connectivity index (χ1v) is 6.74. The van der Waals surface area contributed by atoms with E-state index in [1.165, 1.54) is 5.56 Å². The summed E-state index contributed by atoms with van der Waals surface area (Å²) in [6.07, 6.45) is 1.75. The van der Waals surface area contributed by atoms with Gasteiger partial charge in [0, 0.05) is 26.3 Å². The van der Waals surface area contributed by atoms with Crippen LogP contribution in [-0.2, 0) is 13.1 Å². The van der Waals surface area contributed by atoms with E-state index in [4.69, 9.17) is 11.6 Å². The first kappa shape index (κ1) is 14.3. The maximum atomic E-state index is 5.75. The van der Waals surface area contributed by atoms with Crippen LogP contribution in [0, 0.1) is 0 Å². The van der Waals surface area contributed by atoms with Gasteiger partial charge in [0.1, 0.15) is 5.15 Å². The van der Waals surface area contributed by atoms with E-state index in [9.17, 15) is 0 Å². The summed E-state index contributed by atoms with van der Waals surface area (Å²) in [6, 6.07) is 13.9. The van der Waals surface area contributed by atoms with Crippen molar-refractivity contribution in [2.24, 2.45) is 4.99 Å². The molecule has 4 nitrogen and oxygen atoms in total. The summed E-state index contributed by atoms with van der Waals surface area (Å²) in [4.78, 5) is 8.23. The number of pyridine rings is 1. The quantitative estimate of drug-likeness (QED) is 0.516. The zero-order valence-electron chi connectivity index (χ0n) is 11.3. The Labute approximate surface area is 123 Å². The Bertz CT molecular complexity index is 552. The number of nitrogens with zero attached hydrogens (tertiary/aromatic N) is 2. The fraction of sp³-hybridized carbons (Fsp3) is 0.200. The van der Waals surface area contributed by atoms with Gasteiger partial charge in [0.15, 0.2) is 5.96 Å². The van der Waals surface area contributed by atoms with Crippen LogP contribution < -0.4 is 10.6 Å². The summed E-state index contributed by atoms with van der Waals surface area (Å²) in [7, 11) is 1.75. The predicted octanol–water partition coefficient (Wildman–Crippen LogP) is 2.60. The van der Waals surface area contributed by atoms with E-state index in [0.29, 0.717) is 11.7 Å². The van der Waals surface area contributed by atoms with Crippen molar-refractivity contribution < 1.29 is 0 Å². The van der Waals surface area contributed by atoms with Crippen molar-refractivity contribution in [1.29, 1.82) is 0 Å². The molecule has 1 aromatic heterocycles. The molecule has 104 valence electrons. The van der Waals surface area contributed by atoms with Crippen molar-refractivity contribution in [2.45, 2.75) is 13.1 Å². The molecule has 0 saturated heterocycles. The Morgan fingerprint density at radius 1 is 1.05 bits per heavy atom. The minimum absolute atomic E-state index is 0.500. The second kappa shape index (κ2) is 7.50. The van der Waals surface area contributed by atoms with Crippen LogP contribution in [0.1, 0.15) is 11.1 Å². The van der Waals surface area contributed by atoms with Gasteiger partial charge in [0.25, 0.3) is 0 Å². The van der Waals surface area contributed by atoms with Gasteiger partial charge in [-0.2, -0.15) is 0 Å². The maximum Gasteiger partial charge on any atom is 0.191 e. The second-order valence-corrected chi connectivity index (χ2v) is 4.64. The largest absolute Gasteiger partial charge is 0.352 e. The standard InChI is InChI=1S/C15H17ClN4/c1-17-15(19-9-12-5-3-2-4-6-12)20-11-13-7-8-14(16)18-10-13/h2-8,10H,9,11H2,1H3,(H2,17,19,20). The third-order valence-corrected chi connectivity index (χ3v) is 3.00. The molecule has 0 amide bonds. The van der Waals surface area contributed by atoms with Crippen molar-refractivity contribution in [3.8, 4) is 0 Å². The van der Waals surface area contributed by atoms with Gasteiger partial charge in [-0.25, -0.2) is 4.98 Å². The number of halogens is 1. The number of guanidine groups is 1. The van der Waals surface area contributed by atoms with Crippen LogP contribution in [-0.4, -0.2) is 18.0 Å². The topological polar surface area (TPSA) is 49.3 Å². The molecule has 0 bridgehead atoms. The predicted molar refractivity (Wildman–Crippen MR) is 82.7 cm³/mol. The zero-order valence-corrected chi connectivity index (χ0v) is 12.1. The molecule has 2 N–H and O–H groups in total. The molecule has 0 atom stereocenters. The lowest BCUT2D eigenvalue weighted by Gasteiger charge is -2.11. The van der Waals surface area contributed by atoms with Crippen molar-refractivity contribution in [3.05, 3.63) is 64.9 Å².